The van der Waals surface area contributed by atoms with E-state index in [0.717, 1.165) is 24.0 Å². The minimum absolute atomic E-state index is 0.681. The van der Waals surface area contributed by atoms with Gasteiger partial charge in [-0.25, -0.2) is 0 Å². The van der Waals surface area contributed by atoms with Crippen LogP contribution in [0.3, 0.4) is 0 Å². The summed E-state index contributed by atoms with van der Waals surface area (Å²) in [6.07, 6.45) is 3.74. The second-order valence-electron chi connectivity index (χ2n) is 6.11. The summed E-state index contributed by atoms with van der Waals surface area (Å²) in [5, 5.41) is 4.50. The van der Waals surface area contributed by atoms with Crippen LogP contribution in [0.5, 0.6) is 0 Å². The highest BCUT2D eigenvalue weighted by Crippen LogP contribution is 2.37. The fourth-order valence-corrected chi connectivity index (χ4v) is 2.89. The summed E-state index contributed by atoms with van der Waals surface area (Å²) in [5.74, 6) is 0.720. The lowest BCUT2D eigenvalue weighted by molar-refractivity contribution is 0.230. The molecule has 0 saturated heterocycles. The molecule has 1 N–H and O–H groups in total. The normalized spacial score (nSPS) is 23.6. The molecule has 1 aliphatic rings. The third-order valence-electron chi connectivity index (χ3n) is 4.72. The van der Waals surface area contributed by atoms with Crippen LogP contribution < -0.4 is 5.32 Å². The minimum Gasteiger partial charge on any atom is -0.313 e. The lowest BCUT2D eigenvalue weighted by Gasteiger charge is -2.37. The second kappa shape index (κ2) is 7.44. The van der Waals surface area contributed by atoms with Gasteiger partial charge >= 0.3 is 0 Å². The lowest BCUT2D eigenvalue weighted by Crippen LogP contribution is -2.44. The van der Waals surface area contributed by atoms with E-state index in [4.69, 9.17) is 11.6 Å². The number of halogens is 1. The van der Waals surface area contributed by atoms with Gasteiger partial charge in [-0.1, -0.05) is 30.7 Å². The van der Waals surface area contributed by atoms with Crippen LogP contribution in [-0.4, -0.2) is 37.1 Å². The maximum absolute atomic E-state index is 5.92. The van der Waals surface area contributed by atoms with Crippen molar-refractivity contribution in [1.82, 2.24) is 10.2 Å². The average Bonchev–Trinajstić information content (AvgIpc) is 2.41. The van der Waals surface area contributed by atoms with Crippen molar-refractivity contribution in [3.05, 3.63) is 34.9 Å². The molecule has 0 amide bonds. The number of hydrogen-bond donors (Lipinski definition) is 1. The Balaban J connectivity index is 1.63. The van der Waals surface area contributed by atoms with Crippen LogP contribution in [0.4, 0.5) is 0 Å². The van der Waals surface area contributed by atoms with Crippen molar-refractivity contribution in [1.29, 1.82) is 0 Å². The minimum atomic E-state index is 0.681. The smallest absolute Gasteiger partial charge is 0.0406 e. The van der Waals surface area contributed by atoms with E-state index in [1.165, 1.54) is 24.8 Å². The van der Waals surface area contributed by atoms with Crippen LogP contribution in [0.25, 0.3) is 0 Å². The van der Waals surface area contributed by atoms with Gasteiger partial charge in [-0.15, -0.1) is 0 Å². The maximum Gasteiger partial charge on any atom is 0.0406 e. The van der Waals surface area contributed by atoms with E-state index in [9.17, 15) is 0 Å². The van der Waals surface area contributed by atoms with E-state index in [0.29, 0.717) is 12.1 Å². The van der Waals surface area contributed by atoms with Crippen LogP contribution >= 0.6 is 11.6 Å². The van der Waals surface area contributed by atoms with Crippen molar-refractivity contribution in [3.8, 4) is 0 Å². The van der Waals surface area contributed by atoms with Crippen molar-refractivity contribution >= 4 is 11.6 Å². The van der Waals surface area contributed by atoms with Gasteiger partial charge in [-0.3, -0.25) is 0 Å². The van der Waals surface area contributed by atoms with Gasteiger partial charge in [0.25, 0.3) is 0 Å². The van der Waals surface area contributed by atoms with Crippen LogP contribution in [0.15, 0.2) is 24.3 Å². The molecule has 0 spiro atoms. The van der Waals surface area contributed by atoms with E-state index < -0.39 is 0 Å². The molecule has 0 radical (unpaired) electrons. The number of benzene rings is 1. The van der Waals surface area contributed by atoms with Gasteiger partial charge in [-0.05, 0) is 56.8 Å². The van der Waals surface area contributed by atoms with Gasteiger partial charge in [0.1, 0.15) is 0 Å². The fraction of sp³-hybridized carbons (Fsp3) is 0.647. The number of nitrogens with zero attached hydrogens (tertiary/aromatic N) is 1. The molecule has 1 fully saturated rings. The lowest BCUT2D eigenvalue weighted by atomic mass is 9.76. The van der Waals surface area contributed by atoms with E-state index in [2.05, 4.69) is 43.2 Å². The molecule has 0 heterocycles. The predicted octanol–water partition coefficient (Wildman–Crippen LogP) is 3.91. The highest BCUT2D eigenvalue weighted by molar-refractivity contribution is 6.30. The molecule has 2 rings (SSSR count). The molecular formula is C17H27ClN2. The van der Waals surface area contributed by atoms with E-state index in [-0.39, 0.29) is 0 Å². The quantitative estimate of drug-likeness (QED) is 0.820. The first-order valence-electron chi connectivity index (χ1n) is 7.79. The van der Waals surface area contributed by atoms with Crippen molar-refractivity contribution < 1.29 is 0 Å². The zero-order chi connectivity index (χ0) is 14.5. The number of likely N-dealkylation sites (N-methyl/N-ethyl adjacent to an activating group) is 1. The number of rotatable bonds is 7. The SMILES string of the molecule is CCC(C)N(C)CCNC1CC(c2ccc(Cl)cc2)C1. The Morgan fingerprint density at radius 1 is 1.30 bits per heavy atom. The topological polar surface area (TPSA) is 15.3 Å². The highest BCUT2D eigenvalue weighted by Gasteiger charge is 2.29. The summed E-state index contributed by atoms with van der Waals surface area (Å²) in [7, 11) is 2.22. The van der Waals surface area contributed by atoms with E-state index in [1.807, 2.05) is 12.1 Å². The molecule has 1 aliphatic carbocycles. The molecule has 20 heavy (non-hydrogen) atoms. The van der Waals surface area contributed by atoms with E-state index >= 15 is 0 Å². The number of hydrogen-bond acceptors (Lipinski definition) is 2. The molecule has 1 saturated carbocycles. The summed E-state index contributed by atoms with van der Waals surface area (Å²) in [5.41, 5.74) is 1.43. The van der Waals surface area contributed by atoms with Gasteiger partial charge in [0.05, 0.1) is 0 Å². The van der Waals surface area contributed by atoms with Gasteiger partial charge < -0.3 is 10.2 Å². The van der Waals surface area contributed by atoms with E-state index in [1.54, 1.807) is 0 Å². The molecule has 1 aromatic rings. The maximum atomic E-state index is 5.92. The number of nitrogens with one attached hydrogen (secondary N) is 1. The zero-order valence-electron chi connectivity index (χ0n) is 12.9. The fourth-order valence-electron chi connectivity index (χ4n) is 2.77. The Labute approximate surface area is 128 Å². The molecule has 1 atom stereocenters. The zero-order valence-corrected chi connectivity index (χ0v) is 13.7. The molecule has 0 aliphatic heterocycles. The Hall–Kier alpha value is -0.570. The van der Waals surface area contributed by atoms with Crippen LogP contribution in [0, 0.1) is 0 Å². The van der Waals surface area contributed by atoms with Gasteiger partial charge in [-0.2, -0.15) is 0 Å². The van der Waals surface area contributed by atoms with Gasteiger partial charge in [0.2, 0.25) is 0 Å². The Bertz CT molecular complexity index is 398. The molecule has 0 bridgehead atoms. The Morgan fingerprint density at radius 3 is 2.55 bits per heavy atom. The van der Waals surface area contributed by atoms with Crippen molar-refractivity contribution in [2.24, 2.45) is 0 Å². The van der Waals surface area contributed by atoms with Crippen molar-refractivity contribution in [2.75, 3.05) is 20.1 Å². The van der Waals surface area contributed by atoms with Crippen LogP contribution in [-0.2, 0) is 0 Å². The summed E-state index contributed by atoms with van der Waals surface area (Å²) < 4.78 is 0. The molecule has 2 nitrogen and oxygen atoms in total. The van der Waals surface area contributed by atoms with Crippen LogP contribution in [0.2, 0.25) is 5.02 Å². The molecule has 1 unspecified atom stereocenters. The molecule has 3 heteroatoms. The largest absolute Gasteiger partial charge is 0.313 e. The molecule has 112 valence electrons. The van der Waals surface area contributed by atoms with Crippen LogP contribution in [0.1, 0.15) is 44.6 Å². The van der Waals surface area contributed by atoms with Gasteiger partial charge in [0, 0.05) is 30.2 Å². The van der Waals surface area contributed by atoms with Gasteiger partial charge in [0.15, 0.2) is 0 Å². The monoisotopic (exact) mass is 294 g/mol. The Morgan fingerprint density at radius 2 is 1.95 bits per heavy atom. The summed E-state index contributed by atoms with van der Waals surface area (Å²) in [6.45, 7) is 6.77. The van der Waals surface area contributed by atoms with Crippen molar-refractivity contribution in [3.63, 3.8) is 0 Å². The molecule has 1 aromatic carbocycles. The molecule has 0 aromatic heterocycles. The first kappa shape index (κ1) is 15.8. The first-order valence-corrected chi connectivity index (χ1v) is 8.17. The second-order valence-corrected chi connectivity index (χ2v) is 6.55. The summed E-state index contributed by atoms with van der Waals surface area (Å²) in [6, 6.07) is 9.71. The summed E-state index contributed by atoms with van der Waals surface area (Å²) in [4.78, 5) is 2.43. The average molecular weight is 295 g/mol. The molecular weight excluding hydrogens is 268 g/mol. The summed E-state index contributed by atoms with van der Waals surface area (Å²) >= 11 is 5.92. The Kier molecular flexibility index (Phi) is 5.88. The van der Waals surface area contributed by atoms with Crippen molar-refractivity contribution in [2.45, 2.75) is 51.1 Å². The standard InChI is InChI=1S/C17H27ClN2/c1-4-13(2)20(3)10-9-19-17-11-15(12-17)14-5-7-16(18)8-6-14/h5-8,13,15,17,19H,4,9-12H2,1-3H3. The highest BCUT2D eigenvalue weighted by atomic mass is 35.5. The third-order valence-corrected chi connectivity index (χ3v) is 4.97. The first-order chi connectivity index (χ1) is 9.60. The predicted molar refractivity (Wildman–Crippen MR) is 87.6 cm³/mol. The third kappa shape index (κ3) is 4.21.